The molecule has 1 atom stereocenters. The van der Waals surface area contributed by atoms with Crippen LogP contribution in [0.1, 0.15) is 5.56 Å². The summed E-state index contributed by atoms with van der Waals surface area (Å²) in [7, 11) is 0. The number of nitrogens with two attached hydrogens (primary N) is 1. The number of benzene rings is 1. The third-order valence-electron chi connectivity index (χ3n) is 2.87. The number of rotatable bonds is 5. The summed E-state index contributed by atoms with van der Waals surface area (Å²) >= 11 is 0. The molecule has 6 heteroatoms. The summed E-state index contributed by atoms with van der Waals surface area (Å²) in [6.45, 7) is 0. The second-order valence-electron chi connectivity index (χ2n) is 4.48. The first-order valence-corrected chi connectivity index (χ1v) is 6.46. The number of nitrogens with zero attached hydrogens (tertiary/aromatic N) is 1. The highest BCUT2D eigenvalue weighted by atomic mass is 16.2. The number of primary amides is 1. The van der Waals surface area contributed by atoms with Gasteiger partial charge in [0.1, 0.15) is 6.04 Å². The number of nitrogens with one attached hydrogen (secondary N) is 2. The van der Waals surface area contributed by atoms with Gasteiger partial charge in [0.15, 0.2) is 0 Å². The van der Waals surface area contributed by atoms with Crippen LogP contribution in [0.15, 0.2) is 54.9 Å². The normalized spacial score (nSPS) is 11.4. The molecule has 1 heterocycles. The van der Waals surface area contributed by atoms with Crippen LogP contribution in [-0.4, -0.2) is 23.0 Å². The Kier molecular flexibility index (Phi) is 4.87. The quantitative estimate of drug-likeness (QED) is 0.772. The van der Waals surface area contributed by atoms with E-state index in [0.29, 0.717) is 12.1 Å². The second kappa shape index (κ2) is 7.04. The van der Waals surface area contributed by atoms with Crippen molar-refractivity contribution in [2.75, 3.05) is 5.32 Å². The van der Waals surface area contributed by atoms with Gasteiger partial charge >= 0.3 is 6.03 Å². The predicted molar refractivity (Wildman–Crippen MR) is 79.5 cm³/mol. The van der Waals surface area contributed by atoms with Gasteiger partial charge in [-0.05, 0) is 17.7 Å². The van der Waals surface area contributed by atoms with E-state index in [9.17, 15) is 9.59 Å². The van der Waals surface area contributed by atoms with Crippen molar-refractivity contribution in [3.05, 3.63) is 60.4 Å². The molecule has 0 saturated heterocycles. The summed E-state index contributed by atoms with van der Waals surface area (Å²) in [4.78, 5) is 27.2. The minimum Gasteiger partial charge on any atom is -0.368 e. The molecule has 0 unspecified atom stereocenters. The average molecular weight is 284 g/mol. The smallest absolute Gasteiger partial charge is 0.319 e. The van der Waals surface area contributed by atoms with Crippen LogP contribution < -0.4 is 16.4 Å². The minimum absolute atomic E-state index is 0.347. The van der Waals surface area contributed by atoms with Gasteiger partial charge in [-0.1, -0.05) is 30.3 Å². The van der Waals surface area contributed by atoms with E-state index in [-0.39, 0.29) is 0 Å². The van der Waals surface area contributed by atoms with E-state index in [0.717, 1.165) is 5.56 Å². The first kappa shape index (κ1) is 14.5. The van der Waals surface area contributed by atoms with Gasteiger partial charge in [0.05, 0.1) is 0 Å². The molecule has 0 aliphatic rings. The molecule has 1 aromatic heterocycles. The van der Waals surface area contributed by atoms with Crippen LogP contribution >= 0.6 is 0 Å². The maximum atomic E-state index is 11.9. The maximum absolute atomic E-state index is 11.9. The molecular weight excluding hydrogens is 268 g/mol. The zero-order valence-corrected chi connectivity index (χ0v) is 11.3. The summed E-state index contributed by atoms with van der Waals surface area (Å²) in [6.07, 6.45) is 3.47. The monoisotopic (exact) mass is 284 g/mol. The Morgan fingerprint density at radius 1 is 1.10 bits per heavy atom. The number of aromatic nitrogens is 1. The minimum atomic E-state index is -0.769. The van der Waals surface area contributed by atoms with Crippen LogP contribution in [0.2, 0.25) is 0 Å². The molecule has 2 rings (SSSR count). The molecule has 0 aliphatic carbocycles. The summed E-state index contributed by atoms with van der Waals surface area (Å²) in [5.74, 6) is -0.580. The fraction of sp³-hybridized carbons (Fsp3) is 0.133. The van der Waals surface area contributed by atoms with Gasteiger partial charge in [0.25, 0.3) is 0 Å². The molecule has 4 N–H and O–H groups in total. The number of hydrogen-bond donors (Lipinski definition) is 3. The Balaban J connectivity index is 1.96. The molecule has 108 valence electrons. The molecule has 3 amide bonds. The maximum Gasteiger partial charge on any atom is 0.319 e. The molecule has 0 aliphatic heterocycles. The predicted octanol–water partition coefficient (Wildman–Crippen LogP) is 1.30. The van der Waals surface area contributed by atoms with E-state index < -0.39 is 18.0 Å². The molecule has 0 bridgehead atoms. The van der Waals surface area contributed by atoms with Gasteiger partial charge in [-0.15, -0.1) is 0 Å². The summed E-state index contributed by atoms with van der Waals surface area (Å²) < 4.78 is 0. The molecule has 0 fully saturated rings. The van der Waals surface area contributed by atoms with E-state index in [1.807, 2.05) is 30.3 Å². The number of carbonyl (C=O) groups excluding carboxylic acids is 2. The second-order valence-corrected chi connectivity index (χ2v) is 4.48. The number of pyridine rings is 1. The largest absolute Gasteiger partial charge is 0.368 e. The summed E-state index contributed by atoms with van der Waals surface area (Å²) in [5, 5.41) is 5.18. The molecule has 0 radical (unpaired) electrons. The topological polar surface area (TPSA) is 97.1 Å². The molecule has 6 nitrogen and oxygen atoms in total. The Bertz CT molecular complexity index is 602. The number of urea groups is 1. The first-order chi connectivity index (χ1) is 10.1. The zero-order valence-electron chi connectivity index (χ0n) is 11.3. The number of carbonyl (C=O) groups is 2. The van der Waals surface area contributed by atoms with Crippen LogP contribution in [0.5, 0.6) is 0 Å². The van der Waals surface area contributed by atoms with E-state index in [4.69, 9.17) is 5.73 Å². The lowest BCUT2D eigenvalue weighted by Gasteiger charge is -2.16. The highest BCUT2D eigenvalue weighted by Crippen LogP contribution is 2.05. The standard InChI is InChI=1S/C15H16N4O2/c16-14(20)13(10-11-4-2-1-3-5-11)19-15(21)18-12-6-8-17-9-7-12/h1-9,13H,10H2,(H2,16,20)(H2,17,18,19,21)/t13-/m1/s1. The molecule has 0 saturated carbocycles. The van der Waals surface area contributed by atoms with Crippen molar-refractivity contribution >= 4 is 17.6 Å². The van der Waals surface area contributed by atoms with Gasteiger partial charge in [0.2, 0.25) is 5.91 Å². The van der Waals surface area contributed by atoms with Gasteiger partial charge in [-0.25, -0.2) is 4.79 Å². The zero-order chi connectivity index (χ0) is 15.1. The van der Waals surface area contributed by atoms with Crippen molar-refractivity contribution in [2.24, 2.45) is 5.73 Å². The fourth-order valence-corrected chi connectivity index (χ4v) is 1.83. The van der Waals surface area contributed by atoms with Crippen LogP contribution in [-0.2, 0) is 11.2 Å². The van der Waals surface area contributed by atoms with Gasteiger partial charge in [-0.3, -0.25) is 9.78 Å². The Morgan fingerprint density at radius 3 is 2.38 bits per heavy atom. The third-order valence-corrected chi connectivity index (χ3v) is 2.87. The van der Waals surface area contributed by atoms with Crippen LogP contribution in [0, 0.1) is 0 Å². The lowest BCUT2D eigenvalue weighted by atomic mass is 10.1. The van der Waals surface area contributed by atoms with Crippen molar-refractivity contribution in [3.63, 3.8) is 0 Å². The number of amides is 3. The van der Waals surface area contributed by atoms with E-state index in [1.165, 1.54) is 0 Å². The molecule has 0 spiro atoms. The fourth-order valence-electron chi connectivity index (χ4n) is 1.83. The lowest BCUT2D eigenvalue weighted by molar-refractivity contribution is -0.119. The van der Waals surface area contributed by atoms with Crippen LogP contribution in [0.3, 0.4) is 0 Å². The van der Waals surface area contributed by atoms with Gasteiger partial charge < -0.3 is 16.4 Å². The Hall–Kier alpha value is -2.89. The van der Waals surface area contributed by atoms with Crippen LogP contribution in [0.4, 0.5) is 10.5 Å². The van der Waals surface area contributed by atoms with Crippen molar-refractivity contribution in [1.29, 1.82) is 0 Å². The lowest BCUT2D eigenvalue weighted by Crippen LogP contribution is -2.47. The van der Waals surface area contributed by atoms with Crippen LogP contribution in [0.25, 0.3) is 0 Å². The Morgan fingerprint density at radius 2 is 1.76 bits per heavy atom. The molecule has 2 aromatic rings. The SMILES string of the molecule is NC(=O)[C@@H](Cc1ccccc1)NC(=O)Nc1ccncc1. The van der Waals surface area contributed by atoms with E-state index >= 15 is 0 Å². The van der Waals surface area contributed by atoms with E-state index in [1.54, 1.807) is 24.5 Å². The van der Waals surface area contributed by atoms with Crippen molar-refractivity contribution in [3.8, 4) is 0 Å². The van der Waals surface area contributed by atoms with Gasteiger partial charge in [-0.2, -0.15) is 0 Å². The number of anilines is 1. The van der Waals surface area contributed by atoms with Crippen molar-refractivity contribution in [1.82, 2.24) is 10.3 Å². The average Bonchev–Trinajstić information content (AvgIpc) is 2.48. The third kappa shape index (κ3) is 4.61. The molecular formula is C15H16N4O2. The summed E-state index contributed by atoms with van der Waals surface area (Å²) in [5.41, 5.74) is 6.84. The van der Waals surface area contributed by atoms with Gasteiger partial charge in [0, 0.05) is 24.5 Å². The highest BCUT2D eigenvalue weighted by Gasteiger charge is 2.18. The number of hydrogen-bond acceptors (Lipinski definition) is 3. The highest BCUT2D eigenvalue weighted by molar-refractivity contribution is 5.93. The summed E-state index contributed by atoms with van der Waals surface area (Å²) in [6, 6.07) is 11.4. The van der Waals surface area contributed by atoms with Crippen molar-refractivity contribution in [2.45, 2.75) is 12.5 Å². The first-order valence-electron chi connectivity index (χ1n) is 6.46. The van der Waals surface area contributed by atoms with E-state index in [2.05, 4.69) is 15.6 Å². The Labute approximate surface area is 122 Å². The molecule has 21 heavy (non-hydrogen) atoms. The molecule has 1 aromatic carbocycles. The van der Waals surface area contributed by atoms with Crippen molar-refractivity contribution < 1.29 is 9.59 Å².